The van der Waals surface area contributed by atoms with Crippen molar-refractivity contribution in [3.05, 3.63) is 150 Å². The third kappa shape index (κ3) is 3.40. The van der Waals surface area contributed by atoms with Crippen molar-refractivity contribution in [2.75, 3.05) is 0 Å². The monoisotopic (exact) mass is 534 g/mol. The molecule has 4 nitrogen and oxygen atoms in total. The Labute approximate surface area is 242 Å². The first kappa shape index (κ1) is 23.8. The summed E-state index contributed by atoms with van der Waals surface area (Å²) in [6.07, 6.45) is 0. The molecule has 8 aromatic rings. The van der Waals surface area contributed by atoms with Crippen LogP contribution in [0.15, 0.2) is 133 Å². The van der Waals surface area contributed by atoms with Crippen LogP contribution in [0.3, 0.4) is 0 Å². The lowest BCUT2D eigenvalue weighted by atomic mass is 9.98. The Kier molecular flexibility index (Phi) is 5.22. The molecule has 0 aliphatic carbocycles. The summed E-state index contributed by atoms with van der Waals surface area (Å²) in [6.45, 7) is 7.80. The molecule has 42 heavy (non-hydrogen) atoms. The fourth-order valence-corrected chi connectivity index (χ4v) is 6.45. The lowest BCUT2D eigenvalue weighted by Gasteiger charge is -2.20. The molecular weight excluding hydrogens is 512 g/mol. The standard InChI is InChI=1S/C38H22N4/c1-40-27-22-25(24-39)21-26(23-27)38-36(41-32-15-6-2-11-28(32)29-12-3-7-16-33(29)41)19-10-20-37(38)42-34-17-8-4-13-30(34)31-14-5-9-18-35(31)42/h2-23H. The van der Waals surface area contributed by atoms with Crippen LogP contribution in [0.25, 0.3) is 71.0 Å². The maximum atomic E-state index is 9.94. The van der Waals surface area contributed by atoms with Crippen LogP contribution in [0.5, 0.6) is 0 Å². The molecule has 0 radical (unpaired) electrons. The molecule has 8 rings (SSSR count). The largest absolute Gasteiger partial charge is 0.309 e. The van der Waals surface area contributed by atoms with Gasteiger partial charge in [0.05, 0.1) is 46.1 Å². The lowest BCUT2D eigenvalue weighted by Crippen LogP contribution is -2.03. The molecule has 0 aliphatic rings. The zero-order chi connectivity index (χ0) is 28.2. The van der Waals surface area contributed by atoms with Gasteiger partial charge in [0.25, 0.3) is 0 Å². The van der Waals surface area contributed by atoms with Crippen LogP contribution >= 0.6 is 0 Å². The molecule has 2 heterocycles. The Balaban J connectivity index is 1.59. The highest BCUT2D eigenvalue weighted by molar-refractivity contribution is 6.12. The number of fused-ring (bicyclic) bond motifs is 6. The molecule has 2 aromatic heterocycles. The number of nitrogens with zero attached hydrogens (tertiary/aromatic N) is 4. The molecule has 0 saturated heterocycles. The smallest absolute Gasteiger partial charge is 0.189 e. The van der Waals surface area contributed by atoms with E-state index in [0.717, 1.165) is 44.6 Å². The van der Waals surface area contributed by atoms with E-state index in [9.17, 15) is 5.26 Å². The minimum Gasteiger partial charge on any atom is -0.309 e. The summed E-state index contributed by atoms with van der Waals surface area (Å²) < 4.78 is 4.63. The van der Waals surface area contributed by atoms with Crippen molar-refractivity contribution in [3.8, 4) is 28.6 Å². The Morgan fingerprint density at radius 1 is 0.524 bits per heavy atom. The first-order valence-electron chi connectivity index (χ1n) is 13.8. The molecule has 0 aliphatic heterocycles. The van der Waals surface area contributed by atoms with Gasteiger partial charge in [-0.25, -0.2) is 4.85 Å². The number of hydrogen-bond acceptors (Lipinski definition) is 1. The van der Waals surface area contributed by atoms with Crippen LogP contribution in [0.2, 0.25) is 0 Å². The summed E-state index contributed by atoms with van der Waals surface area (Å²) in [5, 5.41) is 14.6. The third-order valence-electron chi connectivity index (χ3n) is 8.13. The van der Waals surface area contributed by atoms with Crippen molar-refractivity contribution in [2.24, 2.45) is 0 Å². The van der Waals surface area contributed by atoms with Crippen LogP contribution < -0.4 is 0 Å². The summed E-state index contributed by atoms with van der Waals surface area (Å²) in [6, 6.07) is 48.0. The Hall–Kier alpha value is -6.10. The van der Waals surface area contributed by atoms with E-state index in [2.05, 4.69) is 135 Å². The molecule has 0 bridgehead atoms. The molecule has 0 N–H and O–H groups in total. The first-order chi connectivity index (χ1) is 20.8. The second-order valence-corrected chi connectivity index (χ2v) is 10.4. The van der Waals surface area contributed by atoms with Gasteiger partial charge in [-0.15, -0.1) is 0 Å². The zero-order valence-electron chi connectivity index (χ0n) is 22.5. The van der Waals surface area contributed by atoms with Crippen molar-refractivity contribution in [1.82, 2.24) is 9.13 Å². The topological polar surface area (TPSA) is 38.0 Å². The molecule has 0 unspecified atom stereocenters. The van der Waals surface area contributed by atoms with Gasteiger partial charge in [-0.1, -0.05) is 78.9 Å². The van der Waals surface area contributed by atoms with Gasteiger partial charge in [0, 0.05) is 32.7 Å². The molecule has 194 valence electrons. The quantitative estimate of drug-likeness (QED) is 0.208. The average molecular weight is 535 g/mol. The minimum atomic E-state index is 0.439. The second-order valence-electron chi connectivity index (χ2n) is 10.4. The Morgan fingerprint density at radius 2 is 0.952 bits per heavy atom. The second kappa shape index (κ2) is 9.24. The van der Waals surface area contributed by atoms with Crippen molar-refractivity contribution in [2.45, 2.75) is 0 Å². The minimum absolute atomic E-state index is 0.439. The molecule has 4 heteroatoms. The number of hydrogen-bond donors (Lipinski definition) is 0. The summed E-state index contributed by atoms with van der Waals surface area (Å²) in [7, 11) is 0. The Bertz CT molecular complexity index is 2170. The van der Waals surface area contributed by atoms with E-state index in [1.807, 2.05) is 12.1 Å². The van der Waals surface area contributed by atoms with Crippen LogP contribution in [0.1, 0.15) is 5.56 Å². The summed E-state index contributed by atoms with van der Waals surface area (Å²) >= 11 is 0. The van der Waals surface area contributed by atoms with E-state index in [0.29, 0.717) is 11.3 Å². The Morgan fingerprint density at radius 3 is 1.36 bits per heavy atom. The summed E-state index contributed by atoms with van der Waals surface area (Å²) in [4.78, 5) is 3.74. The average Bonchev–Trinajstić information content (AvgIpc) is 3.57. The van der Waals surface area contributed by atoms with Gasteiger partial charge < -0.3 is 9.13 Å². The van der Waals surface area contributed by atoms with Crippen LogP contribution in [0, 0.1) is 17.9 Å². The van der Waals surface area contributed by atoms with Gasteiger partial charge >= 0.3 is 0 Å². The van der Waals surface area contributed by atoms with E-state index < -0.39 is 0 Å². The molecule has 0 amide bonds. The molecule has 0 fully saturated rings. The number of para-hydroxylation sites is 4. The van der Waals surface area contributed by atoms with E-state index in [1.54, 1.807) is 6.07 Å². The normalized spacial score (nSPS) is 11.3. The van der Waals surface area contributed by atoms with Crippen molar-refractivity contribution >= 4 is 49.3 Å². The summed E-state index contributed by atoms with van der Waals surface area (Å²) in [5.41, 5.74) is 9.05. The van der Waals surface area contributed by atoms with Gasteiger partial charge in [-0.2, -0.15) is 5.26 Å². The maximum Gasteiger partial charge on any atom is 0.189 e. The van der Waals surface area contributed by atoms with Gasteiger partial charge in [0.2, 0.25) is 0 Å². The van der Waals surface area contributed by atoms with E-state index in [1.165, 1.54) is 21.5 Å². The fraction of sp³-hybridized carbons (Fsp3) is 0. The molecule has 0 saturated carbocycles. The van der Waals surface area contributed by atoms with Crippen LogP contribution in [-0.2, 0) is 0 Å². The number of rotatable bonds is 3. The predicted molar refractivity (Wildman–Crippen MR) is 172 cm³/mol. The van der Waals surface area contributed by atoms with Gasteiger partial charge in [-0.05, 0) is 60.2 Å². The SMILES string of the molecule is [C-]#[N+]c1cc(C#N)cc(-c2c(-n3c4ccccc4c4ccccc43)cccc2-n2c3ccccc3c3ccccc32)c1. The van der Waals surface area contributed by atoms with Gasteiger partial charge in [-0.3, -0.25) is 0 Å². The fourth-order valence-electron chi connectivity index (χ4n) is 6.45. The zero-order valence-corrected chi connectivity index (χ0v) is 22.5. The lowest BCUT2D eigenvalue weighted by molar-refractivity contribution is 1.14. The first-order valence-corrected chi connectivity index (χ1v) is 13.8. The predicted octanol–water partition coefficient (Wildman–Crippen LogP) is 9.97. The van der Waals surface area contributed by atoms with E-state index >= 15 is 0 Å². The molecular formula is C38H22N4. The van der Waals surface area contributed by atoms with Crippen LogP contribution in [-0.4, -0.2) is 9.13 Å². The van der Waals surface area contributed by atoms with Gasteiger partial charge in [0.1, 0.15) is 0 Å². The number of benzene rings is 6. The molecule has 0 spiro atoms. The van der Waals surface area contributed by atoms with E-state index in [-0.39, 0.29) is 0 Å². The highest BCUT2D eigenvalue weighted by Gasteiger charge is 2.21. The van der Waals surface area contributed by atoms with Crippen molar-refractivity contribution in [3.63, 3.8) is 0 Å². The highest BCUT2D eigenvalue weighted by atomic mass is 15.0. The van der Waals surface area contributed by atoms with Gasteiger partial charge in [0.15, 0.2) is 5.69 Å². The number of aromatic nitrogens is 2. The highest BCUT2D eigenvalue weighted by Crippen LogP contribution is 2.42. The molecule has 6 aromatic carbocycles. The van der Waals surface area contributed by atoms with Crippen LogP contribution in [0.4, 0.5) is 5.69 Å². The van der Waals surface area contributed by atoms with Crippen molar-refractivity contribution in [1.29, 1.82) is 5.26 Å². The third-order valence-corrected chi connectivity index (χ3v) is 8.13. The maximum absolute atomic E-state index is 9.94. The number of nitriles is 1. The molecule has 0 atom stereocenters. The van der Waals surface area contributed by atoms with E-state index in [4.69, 9.17) is 6.57 Å². The summed E-state index contributed by atoms with van der Waals surface area (Å²) in [5.74, 6) is 0. The van der Waals surface area contributed by atoms with Crippen molar-refractivity contribution < 1.29 is 0 Å².